The quantitative estimate of drug-likeness (QED) is 0.603. The van der Waals surface area contributed by atoms with Gasteiger partial charge in [-0.25, -0.2) is 0 Å². The number of Topliss-reactive ketones (excluding diaryl/α,β-unsaturated/α-hetero) is 1. The van der Waals surface area contributed by atoms with Crippen molar-refractivity contribution in [2.24, 2.45) is 17.4 Å². The summed E-state index contributed by atoms with van der Waals surface area (Å²) in [5.41, 5.74) is 10.9. The Bertz CT molecular complexity index is 123. The second-order valence-electron chi connectivity index (χ2n) is 3.09. The second kappa shape index (κ2) is 5.27. The summed E-state index contributed by atoms with van der Waals surface area (Å²) in [5, 5.41) is 0. The normalized spacial score (nSPS) is 13.5. The van der Waals surface area contributed by atoms with Crippen LogP contribution in [0.1, 0.15) is 26.7 Å². The van der Waals surface area contributed by atoms with Gasteiger partial charge in [0.15, 0.2) is 5.78 Å². The lowest BCUT2D eigenvalue weighted by atomic mass is 9.99. The molecule has 1 unspecified atom stereocenters. The van der Waals surface area contributed by atoms with E-state index in [1.807, 2.05) is 13.8 Å². The molecular formula is C8H18N2O. The summed E-state index contributed by atoms with van der Waals surface area (Å²) >= 11 is 0. The first-order chi connectivity index (χ1) is 5.09. The van der Waals surface area contributed by atoms with Crippen LogP contribution in [0.4, 0.5) is 0 Å². The number of nitrogens with two attached hydrogens (primary N) is 2. The average Bonchev–Trinajstić information content (AvgIpc) is 1.98. The number of hydrogen-bond donors (Lipinski definition) is 2. The molecule has 0 fully saturated rings. The van der Waals surface area contributed by atoms with Crippen LogP contribution in [-0.2, 0) is 4.79 Å². The summed E-state index contributed by atoms with van der Waals surface area (Å²) in [5.74, 6) is 0.182. The Morgan fingerprint density at radius 2 is 2.00 bits per heavy atom. The van der Waals surface area contributed by atoms with Gasteiger partial charge in [0.05, 0.1) is 6.04 Å². The Kier molecular flexibility index (Phi) is 5.07. The smallest absolute Gasteiger partial charge is 0.152 e. The largest absolute Gasteiger partial charge is 0.330 e. The van der Waals surface area contributed by atoms with E-state index < -0.39 is 0 Å². The van der Waals surface area contributed by atoms with E-state index in [0.717, 1.165) is 6.42 Å². The fourth-order valence-corrected chi connectivity index (χ4v) is 0.908. The lowest BCUT2D eigenvalue weighted by Crippen LogP contribution is -2.34. The molecule has 0 heterocycles. The van der Waals surface area contributed by atoms with Crippen molar-refractivity contribution in [3.05, 3.63) is 0 Å². The van der Waals surface area contributed by atoms with E-state index in [2.05, 4.69) is 0 Å². The van der Waals surface area contributed by atoms with Crippen LogP contribution in [0.25, 0.3) is 0 Å². The third kappa shape index (κ3) is 4.11. The molecule has 3 heteroatoms. The molecule has 0 spiro atoms. The summed E-state index contributed by atoms with van der Waals surface area (Å²) in [4.78, 5) is 11.2. The number of hydrogen-bond acceptors (Lipinski definition) is 3. The first kappa shape index (κ1) is 10.6. The van der Waals surface area contributed by atoms with Crippen molar-refractivity contribution < 1.29 is 4.79 Å². The highest BCUT2D eigenvalue weighted by molar-refractivity contribution is 5.85. The molecular weight excluding hydrogens is 140 g/mol. The van der Waals surface area contributed by atoms with Crippen LogP contribution >= 0.6 is 0 Å². The molecule has 0 amide bonds. The van der Waals surface area contributed by atoms with Crippen molar-refractivity contribution in [1.82, 2.24) is 0 Å². The molecule has 0 aliphatic carbocycles. The van der Waals surface area contributed by atoms with Crippen LogP contribution in [0, 0.1) is 5.92 Å². The molecule has 1 atom stereocenters. The first-order valence-corrected chi connectivity index (χ1v) is 4.09. The zero-order valence-corrected chi connectivity index (χ0v) is 7.34. The summed E-state index contributed by atoms with van der Waals surface area (Å²) in [6.45, 7) is 4.34. The molecule has 0 saturated heterocycles. The van der Waals surface area contributed by atoms with Gasteiger partial charge in [0.2, 0.25) is 0 Å². The van der Waals surface area contributed by atoms with E-state index in [1.54, 1.807) is 0 Å². The zero-order valence-electron chi connectivity index (χ0n) is 7.34. The molecule has 0 bridgehead atoms. The third-order valence-corrected chi connectivity index (χ3v) is 1.65. The Labute approximate surface area is 68.1 Å². The zero-order chi connectivity index (χ0) is 8.85. The van der Waals surface area contributed by atoms with E-state index >= 15 is 0 Å². The number of rotatable bonds is 5. The minimum atomic E-state index is -0.307. The predicted octanol–water partition coefficient (Wildman–Crippen LogP) is 0.278. The predicted molar refractivity (Wildman–Crippen MR) is 46.1 cm³/mol. The molecule has 0 aromatic carbocycles. The highest BCUT2D eigenvalue weighted by Gasteiger charge is 2.15. The van der Waals surface area contributed by atoms with Crippen molar-refractivity contribution in [2.45, 2.75) is 32.7 Å². The van der Waals surface area contributed by atoms with Gasteiger partial charge in [-0.05, 0) is 19.4 Å². The number of ketones is 1. The van der Waals surface area contributed by atoms with Crippen LogP contribution in [0.15, 0.2) is 0 Å². The molecule has 0 aromatic rings. The summed E-state index contributed by atoms with van der Waals surface area (Å²) < 4.78 is 0. The fraction of sp³-hybridized carbons (Fsp3) is 0.875. The molecule has 4 N–H and O–H groups in total. The van der Waals surface area contributed by atoms with Gasteiger partial charge in [0.1, 0.15) is 0 Å². The highest BCUT2D eigenvalue weighted by atomic mass is 16.1. The minimum absolute atomic E-state index is 0.0442. The lowest BCUT2D eigenvalue weighted by Gasteiger charge is -2.11. The molecule has 11 heavy (non-hydrogen) atoms. The summed E-state index contributed by atoms with van der Waals surface area (Å²) in [6.07, 6.45) is 1.55. The van der Waals surface area contributed by atoms with Crippen molar-refractivity contribution in [2.75, 3.05) is 6.54 Å². The number of carbonyl (C=O) groups is 1. The van der Waals surface area contributed by atoms with Gasteiger partial charge in [-0.2, -0.15) is 0 Å². The first-order valence-electron chi connectivity index (χ1n) is 4.09. The van der Waals surface area contributed by atoms with Crippen LogP contribution < -0.4 is 11.5 Å². The van der Waals surface area contributed by atoms with Gasteiger partial charge in [-0.15, -0.1) is 0 Å². The molecule has 66 valence electrons. The molecule has 0 radical (unpaired) electrons. The van der Waals surface area contributed by atoms with Crippen molar-refractivity contribution in [3.63, 3.8) is 0 Å². The Balaban J connectivity index is 3.64. The van der Waals surface area contributed by atoms with Gasteiger partial charge in [-0.1, -0.05) is 13.8 Å². The van der Waals surface area contributed by atoms with Gasteiger partial charge in [0, 0.05) is 5.92 Å². The van der Waals surface area contributed by atoms with Crippen LogP contribution in [0.5, 0.6) is 0 Å². The van der Waals surface area contributed by atoms with Gasteiger partial charge >= 0.3 is 0 Å². The van der Waals surface area contributed by atoms with Crippen LogP contribution in [0.2, 0.25) is 0 Å². The van der Waals surface area contributed by atoms with E-state index in [-0.39, 0.29) is 17.7 Å². The monoisotopic (exact) mass is 158 g/mol. The second-order valence-corrected chi connectivity index (χ2v) is 3.09. The fourth-order valence-electron chi connectivity index (χ4n) is 0.908. The Hall–Kier alpha value is -0.410. The van der Waals surface area contributed by atoms with E-state index in [9.17, 15) is 4.79 Å². The summed E-state index contributed by atoms with van der Waals surface area (Å²) in [7, 11) is 0. The van der Waals surface area contributed by atoms with E-state index in [4.69, 9.17) is 11.5 Å². The molecule has 0 rings (SSSR count). The van der Waals surface area contributed by atoms with Gasteiger partial charge in [0.25, 0.3) is 0 Å². The Morgan fingerprint density at radius 3 is 2.36 bits per heavy atom. The maximum absolute atomic E-state index is 11.2. The maximum atomic E-state index is 11.2. The average molecular weight is 158 g/mol. The van der Waals surface area contributed by atoms with E-state index in [0.29, 0.717) is 13.0 Å². The minimum Gasteiger partial charge on any atom is -0.330 e. The van der Waals surface area contributed by atoms with Crippen LogP contribution in [0.3, 0.4) is 0 Å². The molecule has 0 aromatic heterocycles. The van der Waals surface area contributed by atoms with E-state index in [1.165, 1.54) is 0 Å². The van der Waals surface area contributed by atoms with Crippen molar-refractivity contribution in [1.29, 1.82) is 0 Å². The SMILES string of the molecule is CC(C)C(=O)C(N)CCCN. The topological polar surface area (TPSA) is 69.1 Å². The highest BCUT2D eigenvalue weighted by Crippen LogP contribution is 2.02. The summed E-state index contributed by atoms with van der Waals surface area (Å²) in [6, 6.07) is -0.307. The third-order valence-electron chi connectivity index (χ3n) is 1.65. The standard InChI is InChI=1S/C8H18N2O/c1-6(2)8(11)7(10)4-3-5-9/h6-7H,3-5,9-10H2,1-2H3. The van der Waals surface area contributed by atoms with Gasteiger partial charge < -0.3 is 11.5 Å². The molecule has 0 aliphatic heterocycles. The maximum Gasteiger partial charge on any atom is 0.152 e. The molecule has 0 saturated carbocycles. The number of carbonyl (C=O) groups excluding carboxylic acids is 1. The van der Waals surface area contributed by atoms with Gasteiger partial charge in [-0.3, -0.25) is 4.79 Å². The van der Waals surface area contributed by atoms with Crippen molar-refractivity contribution >= 4 is 5.78 Å². The Morgan fingerprint density at radius 1 is 1.45 bits per heavy atom. The molecule has 3 nitrogen and oxygen atoms in total. The van der Waals surface area contributed by atoms with Crippen molar-refractivity contribution in [3.8, 4) is 0 Å². The molecule has 0 aliphatic rings. The lowest BCUT2D eigenvalue weighted by molar-refractivity contribution is -0.123. The van der Waals surface area contributed by atoms with Crippen LogP contribution in [-0.4, -0.2) is 18.4 Å².